The fourth-order valence-corrected chi connectivity index (χ4v) is 3.35. The summed E-state index contributed by atoms with van der Waals surface area (Å²) >= 11 is 0. The van der Waals surface area contributed by atoms with E-state index in [9.17, 15) is 18.9 Å². The standard InChI is InChI=1S/C11H21N5O7P2/c1-24(17,18)21-4-7-6(23-25(2,19)20)3-8(22-7)16-11-9(12)10(13)14-5-15-11/h5-8H,3-4,12H2,1-2H3,(H,17,18)(H,19,20)(H3,13,14,15,16)/t6-,7?,8?/m0/s1. The van der Waals surface area contributed by atoms with Gasteiger partial charge in [0.25, 0.3) is 0 Å². The smallest absolute Gasteiger partial charge is 0.325 e. The van der Waals surface area contributed by atoms with Crippen LogP contribution in [0.4, 0.5) is 17.3 Å². The van der Waals surface area contributed by atoms with E-state index in [1.54, 1.807) is 0 Å². The number of ether oxygens (including phenoxy) is 1. The lowest BCUT2D eigenvalue weighted by Crippen LogP contribution is -2.28. The molecule has 7 N–H and O–H groups in total. The molecule has 25 heavy (non-hydrogen) atoms. The van der Waals surface area contributed by atoms with Crippen molar-refractivity contribution in [2.24, 2.45) is 0 Å². The lowest BCUT2D eigenvalue weighted by Gasteiger charge is -2.20. The summed E-state index contributed by atoms with van der Waals surface area (Å²) in [5, 5.41) is 2.88. The van der Waals surface area contributed by atoms with Crippen molar-refractivity contribution in [1.82, 2.24) is 9.97 Å². The van der Waals surface area contributed by atoms with E-state index in [1.807, 2.05) is 0 Å². The van der Waals surface area contributed by atoms with Crippen LogP contribution in [0.5, 0.6) is 0 Å². The van der Waals surface area contributed by atoms with E-state index in [4.69, 9.17) is 25.3 Å². The van der Waals surface area contributed by atoms with Crippen molar-refractivity contribution in [3.8, 4) is 0 Å². The van der Waals surface area contributed by atoms with Crippen LogP contribution in [0.15, 0.2) is 6.33 Å². The number of aromatic nitrogens is 2. The number of hydrogen-bond donors (Lipinski definition) is 5. The highest BCUT2D eigenvalue weighted by molar-refractivity contribution is 7.52. The minimum atomic E-state index is -3.81. The number of nitrogens with two attached hydrogens (primary N) is 2. The number of hydrogen-bond acceptors (Lipinski definition) is 10. The molecule has 0 bridgehead atoms. The third-order valence-electron chi connectivity index (χ3n) is 3.22. The molecule has 0 amide bonds. The van der Waals surface area contributed by atoms with Gasteiger partial charge in [0.2, 0.25) is 0 Å². The lowest BCUT2D eigenvalue weighted by molar-refractivity contribution is -0.00575. The molecule has 0 saturated carbocycles. The Morgan fingerprint density at radius 1 is 1.32 bits per heavy atom. The quantitative estimate of drug-likeness (QED) is 0.393. The fourth-order valence-electron chi connectivity index (χ4n) is 2.21. The van der Waals surface area contributed by atoms with Gasteiger partial charge in [-0.3, -0.25) is 9.13 Å². The van der Waals surface area contributed by atoms with Crippen molar-refractivity contribution in [3.05, 3.63) is 6.33 Å². The fraction of sp³-hybridized carbons (Fsp3) is 0.636. The number of nitrogens with one attached hydrogen (secondary N) is 1. The first-order chi connectivity index (χ1) is 11.4. The van der Waals surface area contributed by atoms with Crippen LogP contribution < -0.4 is 16.8 Å². The number of rotatable bonds is 7. The van der Waals surface area contributed by atoms with Crippen LogP contribution >= 0.6 is 15.2 Å². The van der Waals surface area contributed by atoms with Gasteiger partial charge in [0, 0.05) is 19.8 Å². The van der Waals surface area contributed by atoms with Gasteiger partial charge in [0.15, 0.2) is 11.6 Å². The molecule has 5 atom stereocenters. The van der Waals surface area contributed by atoms with Crippen molar-refractivity contribution < 1.29 is 32.7 Å². The zero-order chi connectivity index (χ0) is 18.8. The van der Waals surface area contributed by atoms with Crippen molar-refractivity contribution >= 4 is 32.5 Å². The van der Waals surface area contributed by atoms with E-state index in [1.165, 1.54) is 6.33 Å². The van der Waals surface area contributed by atoms with Gasteiger partial charge in [-0.05, 0) is 0 Å². The van der Waals surface area contributed by atoms with E-state index in [-0.39, 0.29) is 30.4 Å². The molecule has 2 rings (SSSR count). The summed E-state index contributed by atoms with van der Waals surface area (Å²) in [6, 6.07) is 0. The van der Waals surface area contributed by atoms with E-state index >= 15 is 0 Å². The molecule has 1 aliphatic rings. The Kier molecular flexibility index (Phi) is 6.05. The molecule has 0 aromatic carbocycles. The largest absolute Gasteiger partial charge is 0.393 e. The Morgan fingerprint density at radius 2 is 2.00 bits per heavy atom. The summed E-state index contributed by atoms with van der Waals surface area (Å²) in [5.74, 6) is 0.314. The lowest BCUT2D eigenvalue weighted by atomic mass is 10.2. The van der Waals surface area contributed by atoms with Crippen LogP contribution in [0.1, 0.15) is 6.42 Å². The molecule has 12 nitrogen and oxygen atoms in total. The van der Waals surface area contributed by atoms with Crippen LogP contribution in [-0.4, -0.2) is 58.1 Å². The summed E-state index contributed by atoms with van der Waals surface area (Å²) in [6.07, 6.45) is -1.03. The van der Waals surface area contributed by atoms with Gasteiger partial charge in [-0.15, -0.1) is 0 Å². The maximum absolute atomic E-state index is 11.5. The zero-order valence-electron chi connectivity index (χ0n) is 13.6. The Bertz CT molecular complexity index is 708. The van der Waals surface area contributed by atoms with E-state index in [2.05, 4.69) is 15.3 Å². The Balaban J connectivity index is 2.09. The van der Waals surface area contributed by atoms with Crippen LogP contribution in [0.2, 0.25) is 0 Å². The Hall–Kier alpha value is -1.26. The minimum Gasteiger partial charge on any atom is -0.393 e. The summed E-state index contributed by atoms with van der Waals surface area (Å²) in [4.78, 5) is 26.4. The van der Waals surface area contributed by atoms with Gasteiger partial charge < -0.3 is 40.4 Å². The van der Waals surface area contributed by atoms with Crippen LogP contribution in [0.3, 0.4) is 0 Å². The Morgan fingerprint density at radius 3 is 2.60 bits per heavy atom. The van der Waals surface area contributed by atoms with Crippen molar-refractivity contribution in [2.75, 3.05) is 36.7 Å². The van der Waals surface area contributed by atoms with Crippen molar-refractivity contribution in [2.45, 2.75) is 24.9 Å². The molecule has 2 heterocycles. The third-order valence-corrected chi connectivity index (χ3v) is 4.51. The topological polar surface area (TPSA) is 192 Å². The molecule has 0 radical (unpaired) electrons. The second kappa shape index (κ2) is 7.55. The number of nitrogens with zero attached hydrogens (tertiary/aromatic N) is 2. The Labute approximate surface area is 144 Å². The second-order valence-electron chi connectivity index (χ2n) is 5.61. The van der Waals surface area contributed by atoms with Gasteiger partial charge in [-0.2, -0.15) is 0 Å². The summed E-state index contributed by atoms with van der Waals surface area (Å²) in [5.41, 5.74) is 11.5. The molecule has 1 aromatic heterocycles. The van der Waals surface area contributed by atoms with Gasteiger partial charge in [0.05, 0.1) is 12.7 Å². The highest BCUT2D eigenvalue weighted by Gasteiger charge is 2.40. The first-order valence-corrected chi connectivity index (χ1v) is 11.2. The van der Waals surface area contributed by atoms with Crippen molar-refractivity contribution in [1.29, 1.82) is 0 Å². The average Bonchev–Trinajstić information content (AvgIpc) is 2.80. The molecule has 1 aromatic rings. The average molecular weight is 397 g/mol. The van der Waals surface area contributed by atoms with Gasteiger partial charge in [-0.1, -0.05) is 0 Å². The molecule has 0 aliphatic carbocycles. The van der Waals surface area contributed by atoms with Crippen LogP contribution in [-0.2, 0) is 22.9 Å². The van der Waals surface area contributed by atoms with E-state index < -0.39 is 33.6 Å². The monoisotopic (exact) mass is 397 g/mol. The summed E-state index contributed by atoms with van der Waals surface area (Å²) in [7, 11) is -7.55. The van der Waals surface area contributed by atoms with Gasteiger partial charge >= 0.3 is 15.2 Å². The minimum absolute atomic E-state index is 0.0869. The molecule has 142 valence electrons. The molecular weight excluding hydrogens is 376 g/mol. The first kappa shape index (κ1) is 20.1. The van der Waals surface area contributed by atoms with Crippen LogP contribution in [0, 0.1) is 0 Å². The SMILES string of the molecule is CP(=O)(O)OCC1OC(Nc2ncnc(N)c2N)C[C@@H]1OP(C)(=O)O. The van der Waals surface area contributed by atoms with Gasteiger partial charge in [-0.25, -0.2) is 9.97 Å². The molecular formula is C11H21N5O7P2. The predicted octanol–water partition coefficient (Wildman–Crippen LogP) is 0.200. The zero-order valence-corrected chi connectivity index (χ0v) is 15.4. The maximum atomic E-state index is 11.5. The highest BCUT2D eigenvalue weighted by Crippen LogP contribution is 2.44. The maximum Gasteiger partial charge on any atom is 0.325 e. The summed E-state index contributed by atoms with van der Waals surface area (Å²) < 4.78 is 38.4. The number of nitrogen functional groups attached to an aromatic ring is 2. The summed E-state index contributed by atoms with van der Waals surface area (Å²) in [6.45, 7) is 1.76. The second-order valence-corrected chi connectivity index (χ2v) is 9.29. The number of anilines is 3. The molecule has 4 unspecified atom stereocenters. The normalized spacial score (nSPS) is 28.2. The van der Waals surface area contributed by atoms with Crippen LogP contribution in [0.25, 0.3) is 0 Å². The highest BCUT2D eigenvalue weighted by atomic mass is 31.2. The first-order valence-electron chi connectivity index (χ1n) is 7.16. The predicted molar refractivity (Wildman–Crippen MR) is 90.1 cm³/mol. The molecule has 0 spiro atoms. The van der Waals surface area contributed by atoms with Crippen molar-refractivity contribution in [3.63, 3.8) is 0 Å². The third kappa shape index (κ3) is 6.19. The molecule has 1 fully saturated rings. The van der Waals surface area contributed by atoms with Gasteiger partial charge in [0.1, 0.15) is 24.3 Å². The van der Waals surface area contributed by atoms with E-state index in [0.29, 0.717) is 0 Å². The molecule has 1 saturated heterocycles. The molecule has 14 heteroatoms. The van der Waals surface area contributed by atoms with E-state index in [0.717, 1.165) is 13.3 Å². The molecule has 1 aliphatic heterocycles.